The van der Waals surface area contributed by atoms with E-state index < -0.39 is 0 Å². The molecule has 2 heterocycles. The normalized spacial score (nSPS) is 22.2. The average molecular weight is 293 g/mol. The highest BCUT2D eigenvalue weighted by Gasteiger charge is 2.33. The van der Waals surface area contributed by atoms with E-state index in [0.29, 0.717) is 5.92 Å². The minimum absolute atomic E-state index is 0.130. The molecule has 0 amide bonds. The number of anilines is 1. The first-order chi connectivity index (χ1) is 10.1. The summed E-state index contributed by atoms with van der Waals surface area (Å²) >= 11 is 0. The molecule has 0 spiro atoms. The Morgan fingerprint density at radius 1 is 1.29 bits per heavy atom. The Morgan fingerprint density at radius 2 is 1.95 bits per heavy atom. The van der Waals surface area contributed by atoms with Crippen molar-refractivity contribution in [1.29, 1.82) is 0 Å². The van der Waals surface area contributed by atoms with Crippen LogP contribution in [0.2, 0.25) is 0 Å². The lowest BCUT2D eigenvalue weighted by Gasteiger charge is -2.18. The van der Waals surface area contributed by atoms with E-state index in [-0.39, 0.29) is 12.2 Å². The number of methoxy groups -OCH3 is 2. The summed E-state index contributed by atoms with van der Waals surface area (Å²) in [4.78, 5) is 6.74. The summed E-state index contributed by atoms with van der Waals surface area (Å²) in [6.07, 6.45) is 2.14. The molecule has 1 saturated heterocycles. The van der Waals surface area contributed by atoms with Gasteiger partial charge in [0.15, 0.2) is 0 Å². The first kappa shape index (κ1) is 16.2. The van der Waals surface area contributed by atoms with E-state index in [4.69, 9.17) is 9.47 Å². The predicted octanol–water partition coefficient (Wildman–Crippen LogP) is 1.68. The molecule has 0 aliphatic carbocycles. The van der Waals surface area contributed by atoms with Crippen molar-refractivity contribution < 1.29 is 9.47 Å². The monoisotopic (exact) mass is 293 g/mol. The van der Waals surface area contributed by atoms with Gasteiger partial charge in [-0.15, -0.1) is 0 Å². The number of ether oxygens (including phenoxy) is 2. The molecule has 118 valence electrons. The Morgan fingerprint density at radius 3 is 2.52 bits per heavy atom. The van der Waals surface area contributed by atoms with Crippen molar-refractivity contribution in [1.82, 2.24) is 10.3 Å². The smallest absolute Gasteiger partial charge is 0.102 e. The van der Waals surface area contributed by atoms with Crippen molar-refractivity contribution in [3.8, 4) is 0 Å². The zero-order valence-corrected chi connectivity index (χ0v) is 13.5. The van der Waals surface area contributed by atoms with Crippen LogP contribution in [0.3, 0.4) is 0 Å². The number of nitrogens with one attached hydrogen (secondary N) is 1. The van der Waals surface area contributed by atoms with Gasteiger partial charge in [0.1, 0.15) is 12.2 Å². The molecule has 2 unspecified atom stereocenters. The van der Waals surface area contributed by atoms with Gasteiger partial charge in [-0.05, 0) is 24.6 Å². The molecule has 1 aromatic rings. The third-order valence-corrected chi connectivity index (χ3v) is 3.84. The number of rotatable bonds is 7. The molecular weight excluding hydrogens is 266 g/mol. The Hall–Kier alpha value is -1.17. The van der Waals surface area contributed by atoms with Crippen LogP contribution in [0.15, 0.2) is 18.3 Å². The second kappa shape index (κ2) is 7.73. The van der Waals surface area contributed by atoms with Crippen LogP contribution < -0.4 is 10.2 Å². The largest absolute Gasteiger partial charge is 0.377 e. The Kier molecular flexibility index (Phi) is 5.96. The first-order valence-corrected chi connectivity index (χ1v) is 7.60. The fraction of sp³-hybridized carbons (Fsp3) is 0.688. The second-order valence-electron chi connectivity index (χ2n) is 5.98. The van der Waals surface area contributed by atoms with Gasteiger partial charge in [0.25, 0.3) is 0 Å². The van der Waals surface area contributed by atoms with Crippen LogP contribution in [0.25, 0.3) is 0 Å². The minimum Gasteiger partial charge on any atom is -0.377 e. The highest BCUT2D eigenvalue weighted by atomic mass is 16.5. The molecule has 1 N–H and O–H groups in total. The van der Waals surface area contributed by atoms with Gasteiger partial charge in [-0.3, -0.25) is 4.98 Å². The Labute approximate surface area is 127 Å². The summed E-state index contributed by atoms with van der Waals surface area (Å²) in [6, 6.07) is 4.20. The van der Waals surface area contributed by atoms with Crippen LogP contribution in [-0.2, 0) is 16.0 Å². The zero-order valence-electron chi connectivity index (χ0n) is 13.5. The van der Waals surface area contributed by atoms with Crippen LogP contribution >= 0.6 is 0 Å². The maximum Gasteiger partial charge on any atom is 0.102 e. The summed E-state index contributed by atoms with van der Waals surface area (Å²) < 4.78 is 11.0. The van der Waals surface area contributed by atoms with E-state index in [9.17, 15) is 0 Å². The molecule has 21 heavy (non-hydrogen) atoms. The highest BCUT2D eigenvalue weighted by molar-refractivity contribution is 5.48. The molecule has 0 saturated carbocycles. The predicted molar refractivity (Wildman–Crippen MR) is 84.6 cm³/mol. The summed E-state index contributed by atoms with van der Waals surface area (Å²) in [5.74, 6) is 0.650. The third kappa shape index (κ3) is 4.40. The molecular formula is C16H27N3O2. The molecule has 0 bridgehead atoms. The van der Waals surface area contributed by atoms with Crippen LogP contribution in [0.5, 0.6) is 0 Å². The summed E-state index contributed by atoms with van der Waals surface area (Å²) in [7, 11) is 3.49. The average Bonchev–Trinajstić information content (AvgIpc) is 2.90. The molecule has 1 aromatic heterocycles. The molecule has 1 aliphatic heterocycles. The van der Waals surface area contributed by atoms with E-state index >= 15 is 0 Å². The van der Waals surface area contributed by atoms with Crippen molar-refractivity contribution in [2.75, 3.05) is 38.8 Å². The number of nitrogens with zero attached hydrogens (tertiary/aromatic N) is 2. The van der Waals surface area contributed by atoms with Gasteiger partial charge < -0.3 is 19.7 Å². The van der Waals surface area contributed by atoms with Gasteiger partial charge in [0.05, 0.1) is 5.69 Å². The Balaban J connectivity index is 1.97. The highest BCUT2D eigenvalue weighted by Crippen LogP contribution is 2.23. The molecule has 2 rings (SSSR count). The molecule has 5 nitrogen and oxygen atoms in total. The fourth-order valence-electron chi connectivity index (χ4n) is 2.66. The lowest BCUT2D eigenvalue weighted by atomic mass is 10.2. The van der Waals surface area contributed by atoms with Crippen molar-refractivity contribution in [2.45, 2.75) is 32.6 Å². The fourth-order valence-corrected chi connectivity index (χ4v) is 2.66. The number of aromatic nitrogens is 1. The van der Waals surface area contributed by atoms with Crippen molar-refractivity contribution in [3.63, 3.8) is 0 Å². The molecule has 1 aliphatic rings. The van der Waals surface area contributed by atoms with Crippen molar-refractivity contribution in [3.05, 3.63) is 24.0 Å². The molecule has 1 fully saturated rings. The van der Waals surface area contributed by atoms with Gasteiger partial charge in [-0.1, -0.05) is 13.8 Å². The lowest BCUT2D eigenvalue weighted by molar-refractivity contribution is -0.00461. The maximum atomic E-state index is 5.49. The minimum atomic E-state index is 0.130. The third-order valence-electron chi connectivity index (χ3n) is 3.84. The van der Waals surface area contributed by atoms with E-state index in [1.165, 1.54) is 5.69 Å². The Bertz CT molecular complexity index is 427. The van der Waals surface area contributed by atoms with E-state index in [2.05, 4.69) is 41.2 Å². The van der Waals surface area contributed by atoms with Crippen molar-refractivity contribution >= 4 is 5.69 Å². The van der Waals surface area contributed by atoms with Crippen LogP contribution in [0, 0.1) is 5.92 Å². The molecule has 2 atom stereocenters. The standard InChI is InChI=1S/C16H27N3O2/c1-12(2)8-17-9-13-7-14(5-6-18-13)19-10-15(20-3)16(11-19)21-4/h5-7,12,15-17H,8-11H2,1-4H3. The number of hydrogen-bond donors (Lipinski definition) is 1. The topological polar surface area (TPSA) is 46.6 Å². The van der Waals surface area contributed by atoms with Crippen LogP contribution in [0.4, 0.5) is 5.69 Å². The zero-order chi connectivity index (χ0) is 15.2. The van der Waals surface area contributed by atoms with Gasteiger partial charge >= 0.3 is 0 Å². The van der Waals surface area contributed by atoms with E-state index in [0.717, 1.165) is 31.9 Å². The molecule has 5 heteroatoms. The van der Waals surface area contributed by atoms with Crippen LogP contribution in [-0.4, -0.2) is 51.0 Å². The lowest BCUT2D eigenvalue weighted by Crippen LogP contribution is -2.27. The first-order valence-electron chi connectivity index (χ1n) is 7.60. The molecule has 0 aromatic carbocycles. The van der Waals surface area contributed by atoms with Gasteiger partial charge in [-0.2, -0.15) is 0 Å². The number of pyridine rings is 1. The van der Waals surface area contributed by atoms with E-state index in [1.54, 1.807) is 14.2 Å². The van der Waals surface area contributed by atoms with E-state index in [1.807, 2.05) is 6.20 Å². The quantitative estimate of drug-likeness (QED) is 0.829. The van der Waals surface area contributed by atoms with Gasteiger partial charge in [0.2, 0.25) is 0 Å². The van der Waals surface area contributed by atoms with Crippen LogP contribution in [0.1, 0.15) is 19.5 Å². The second-order valence-corrected chi connectivity index (χ2v) is 5.98. The SMILES string of the molecule is COC1CN(c2ccnc(CNCC(C)C)c2)CC1OC. The number of hydrogen-bond acceptors (Lipinski definition) is 5. The van der Waals surface area contributed by atoms with Gasteiger partial charge in [-0.25, -0.2) is 0 Å². The summed E-state index contributed by atoms with van der Waals surface area (Å²) in [5, 5.41) is 3.43. The maximum absolute atomic E-state index is 5.49. The molecule has 0 radical (unpaired) electrons. The summed E-state index contributed by atoms with van der Waals surface area (Å²) in [6.45, 7) is 7.94. The van der Waals surface area contributed by atoms with Gasteiger partial charge in [0, 0.05) is 45.7 Å². The summed E-state index contributed by atoms with van der Waals surface area (Å²) in [5.41, 5.74) is 2.26. The van der Waals surface area contributed by atoms with Crippen molar-refractivity contribution in [2.24, 2.45) is 5.92 Å².